The van der Waals surface area contributed by atoms with E-state index in [9.17, 15) is 9.59 Å². The van der Waals surface area contributed by atoms with Gasteiger partial charge in [-0.15, -0.1) is 0 Å². The highest BCUT2D eigenvalue weighted by atomic mass is 16.6. The lowest BCUT2D eigenvalue weighted by molar-refractivity contribution is 0.0663. The number of oxazole rings is 1. The van der Waals surface area contributed by atoms with E-state index >= 15 is 0 Å². The molecule has 158 valence electrons. The van der Waals surface area contributed by atoms with E-state index in [-0.39, 0.29) is 30.4 Å². The normalized spacial score (nSPS) is 15.5. The maximum absolute atomic E-state index is 12.7. The molecule has 0 bridgehead atoms. The Hall–Kier alpha value is -3.81. The van der Waals surface area contributed by atoms with Crippen LogP contribution in [0, 0.1) is 0 Å². The number of aromatic carboxylic acids is 1. The number of carbonyl (C=O) groups excluding carboxylic acids is 1. The van der Waals surface area contributed by atoms with Gasteiger partial charge < -0.3 is 24.1 Å². The predicted octanol–water partition coefficient (Wildman–Crippen LogP) is 3.44. The Morgan fingerprint density at radius 1 is 1.00 bits per heavy atom. The van der Waals surface area contributed by atoms with Gasteiger partial charge in [0.05, 0.1) is 6.20 Å². The zero-order chi connectivity index (χ0) is 21.4. The molecule has 8 heteroatoms. The smallest absolute Gasteiger partial charge is 0.409 e. The van der Waals surface area contributed by atoms with Gasteiger partial charge in [-0.1, -0.05) is 48.5 Å². The minimum Gasteiger partial charge on any atom is -0.475 e. The number of hydrogen-bond donors (Lipinski definition) is 1. The van der Waals surface area contributed by atoms with Crippen LogP contribution in [0.2, 0.25) is 0 Å². The second-order valence-corrected chi connectivity index (χ2v) is 7.59. The van der Waals surface area contributed by atoms with Crippen molar-refractivity contribution in [2.24, 2.45) is 0 Å². The van der Waals surface area contributed by atoms with Crippen molar-refractivity contribution < 1.29 is 23.8 Å². The van der Waals surface area contributed by atoms with Gasteiger partial charge in [-0.2, -0.15) is 0 Å². The largest absolute Gasteiger partial charge is 0.475 e. The molecular formula is C23H21N3O5. The number of anilines is 1. The van der Waals surface area contributed by atoms with Gasteiger partial charge in [0.25, 0.3) is 6.01 Å². The lowest BCUT2D eigenvalue weighted by Gasteiger charge is -2.33. The molecule has 1 saturated heterocycles. The number of aromatic nitrogens is 1. The number of carboxylic acids is 1. The minimum atomic E-state index is -1.16. The lowest BCUT2D eigenvalue weighted by Crippen LogP contribution is -2.49. The number of benzene rings is 2. The van der Waals surface area contributed by atoms with Crippen LogP contribution in [-0.2, 0) is 4.74 Å². The fourth-order valence-electron chi connectivity index (χ4n) is 4.28. The van der Waals surface area contributed by atoms with E-state index in [4.69, 9.17) is 14.3 Å². The SMILES string of the molecule is O=C(O)c1cnc(N2CCN(C(=O)OCC3c4ccccc4-c4ccccc43)CC2)o1. The van der Waals surface area contributed by atoms with E-state index in [1.807, 2.05) is 29.2 Å². The Morgan fingerprint density at radius 2 is 1.61 bits per heavy atom. The molecule has 0 radical (unpaired) electrons. The molecule has 8 nitrogen and oxygen atoms in total. The molecule has 1 N–H and O–H groups in total. The van der Waals surface area contributed by atoms with Gasteiger partial charge >= 0.3 is 12.1 Å². The van der Waals surface area contributed by atoms with Gasteiger partial charge in [0.2, 0.25) is 5.76 Å². The van der Waals surface area contributed by atoms with Crippen LogP contribution in [0.3, 0.4) is 0 Å². The second kappa shape index (κ2) is 7.79. The first-order valence-corrected chi connectivity index (χ1v) is 10.2. The molecule has 31 heavy (non-hydrogen) atoms. The van der Waals surface area contributed by atoms with Gasteiger partial charge in [-0.25, -0.2) is 14.6 Å². The molecule has 2 aliphatic rings. The summed E-state index contributed by atoms with van der Waals surface area (Å²) in [6, 6.07) is 16.7. The molecule has 1 aromatic heterocycles. The summed E-state index contributed by atoms with van der Waals surface area (Å²) in [4.78, 5) is 31.1. The molecule has 1 aliphatic heterocycles. The Labute approximate surface area is 178 Å². The van der Waals surface area contributed by atoms with Crippen LogP contribution in [0.5, 0.6) is 0 Å². The van der Waals surface area contributed by atoms with Crippen LogP contribution >= 0.6 is 0 Å². The van der Waals surface area contributed by atoms with Crippen molar-refractivity contribution in [1.29, 1.82) is 0 Å². The van der Waals surface area contributed by atoms with Crippen LogP contribution in [0.15, 0.2) is 59.1 Å². The molecule has 2 heterocycles. The third kappa shape index (κ3) is 3.50. The molecule has 5 rings (SSSR count). The third-order valence-corrected chi connectivity index (χ3v) is 5.85. The van der Waals surface area contributed by atoms with E-state index in [2.05, 4.69) is 29.2 Å². The third-order valence-electron chi connectivity index (χ3n) is 5.85. The van der Waals surface area contributed by atoms with Crippen molar-refractivity contribution >= 4 is 18.1 Å². The number of ether oxygens (including phenoxy) is 1. The van der Waals surface area contributed by atoms with Gasteiger partial charge in [-0.05, 0) is 22.3 Å². The molecule has 0 unspecified atom stereocenters. The van der Waals surface area contributed by atoms with Gasteiger partial charge in [0.1, 0.15) is 6.61 Å². The molecule has 1 amide bonds. The summed E-state index contributed by atoms with van der Waals surface area (Å²) in [5.74, 6) is -1.33. The van der Waals surface area contributed by atoms with Crippen LogP contribution < -0.4 is 4.90 Å². The standard InChI is InChI=1S/C23H21N3O5/c27-21(28)20-13-24-22(31-20)25-9-11-26(12-10-25)23(29)30-14-19-17-7-3-1-5-15(17)16-6-2-4-8-18(16)19/h1-8,13,19H,9-12,14H2,(H,27,28). The number of amides is 1. The minimum absolute atomic E-state index is 0.0272. The maximum atomic E-state index is 12.7. The number of carboxylic acid groups (broad SMARTS) is 1. The Morgan fingerprint density at radius 3 is 2.19 bits per heavy atom. The first-order valence-electron chi connectivity index (χ1n) is 10.2. The number of hydrogen-bond acceptors (Lipinski definition) is 6. The average molecular weight is 419 g/mol. The van der Waals surface area contributed by atoms with Crippen molar-refractivity contribution in [3.63, 3.8) is 0 Å². The highest BCUT2D eigenvalue weighted by Crippen LogP contribution is 2.44. The summed E-state index contributed by atoms with van der Waals surface area (Å²) in [5, 5.41) is 8.96. The molecule has 0 saturated carbocycles. The molecular weight excluding hydrogens is 398 g/mol. The Balaban J connectivity index is 1.21. The van der Waals surface area contributed by atoms with E-state index in [0.717, 1.165) is 0 Å². The molecule has 0 spiro atoms. The molecule has 3 aromatic rings. The van der Waals surface area contributed by atoms with Gasteiger partial charge in [0, 0.05) is 32.1 Å². The quantitative estimate of drug-likeness (QED) is 0.692. The van der Waals surface area contributed by atoms with E-state index in [1.54, 1.807) is 4.90 Å². The average Bonchev–Trinajstić information content (AvgIpc) is 3.42. The number of carbonyl (C=O) groups is 2. The van der Waals surface area contributed by atoms with E-state index in [0.29, 0.717) is 26.2 Å². The van der Waals surface area contributed by atoms with Gasteiger partial charge in [0.15, 0.2) is 0 Å². The van der Waals surface area contributed by atoms with Crippen LogP contribution in [-0.4, -0.2) is 59.8 Å². The fourth-order valence-corrected chi connectivity index (χ4v) is 4.28. The second-order valence-electron chi connectivity index (χ2n) is 7.59. The Bertz CT molecular complexity index is 1090. The number of rotatable bonds is 4. The summed E-state index contributed by atoms with van der Waals surface area (Å²) in [6.07, 6.45) is 0.843. The molecule has 1 fully saturated rings. The van der Waals surface area contributed by atoms with Crippen molar-refractivity contribution in [2.75, 3.05) is 37.7 Å². The topological polar surface area (TPSA) is 96.1 Å². The molecule has 1 aliphatic carbocycles. The predicted molar refractivity (Wildman–Crippen MR) is 112 cm³/mol. The van der Waals surface area contributed by atoms with Crippen LogP contribution in [0.25, 0.3) is 11.1 Å². The fraction of sp³-hybridized carbons (Fsp3) is 0.261. The molecule has 0 atom stereocenters. The summed E-state index contributed by atoms with van der Waals surface area (Å²) in [5.41, 5.74) is 4.75. The summed E-state index contributed by atoms with van der Waals surface area (Å²) < 4.78 is 10.9. The summed E-state index contributed by atoms with van der Waals surface area (Å²) in [6.45, 7) is 2.16. The van der Waals surface area contributed by atoms with E-state index in [1.165, 1.54) is 28.5 Å². The van der Waals surface area contributed by atoms with Crippen molar-refractivity contribution in [3.05, 3.63) is 71.6 Å². The lowest BCUT2D eigenvalue weighted by atomic mass is 9.98. The maximum Gasteiger partial charge on any atom is 0.409 e. The van der Waals surface area contributed by atoms with Gasteiger partial charge in [-0.3, -0.25) is 0 Å². The zero-order valence-corrected chi connectivity index (χ0v) is 16.7. The van der Waals surface area contributed by atoms with Crippen molar-refractivity contribution in [2.45, 2.75) is 5.92 Å². The highest BCUT2D eigenvalue weighted by Gasteiger charge is 2.31. The summed E-state index contributed by atoms with van der Waals surface area (Å²) in [7, 11) is 0. The monoisotopic (exact) mass is 419 g/mol. The first-order chi connectivity index (χ1) is 15.1. The number of piperazine rings is 1. The zero-order valence-electron chi connectivity index (χ0n) is 16.7. The molecule has 2 aromatic carbocycles. The summed E-state index contributed by atoms with van der Waals surface area (Å²) >= 11 is 0. The first kappa shape index (κ1) is 19.2. The number of fused-ring (bicyclic) bond motifs is 3. The Kier molecular flexibility index (Phi) is 4.82. The van der Waals surface area contributed by atoms with Crippen molar-refractivity contribution in [1.82, 2.24) is 9.88 Å². The van der Waals surface area contributed by atoms with Crippen LogP contribution in [0.1, 0.15) is 27.6 Å². The van der Waals surface area contributed by atoms with Crippen LogP contribution in [0.4, 0.5) is 10.8 Å². The van der Waals surface area contributed by atoms with E-state index < -0.39 is 5.97 Å². The number of nitrogens with zero attached hydrogens (tertiary/aromatic N) is 3. The van der Waals surface area contributed by atoms with Crippen molar-refractivity contribution in [3.8, 4) is 11.1 Å². The highest BCUT2D eigenvalue weighted by molar-refractivity contribution is 5.84.